The first-order chi connectivity index (χ1) is 12.0. The number of hydrogen-bond acceptors (Lipinski definition) is 5. The Bertz CT molecular complexity index is 720. The normalized spacial score (nSPS) is 16.7. The van der Waals surface area contributed by atoms with E-state index < -0.39 is 6.10 Å². The van der Waals surface area contributed by atoms with Crippen LogP contribution in [0, 0.1) is 13.8 Å². The van der Waals surface area contributed by atoms with Gasteiger partial charge in [-0.1, -0.05) is 23.4 Å². The lowest BCUT2D eigenvalue weighted by molar-refractivity contribution is -0.139. The molecule has 1 atom stereocenters. The van der Waals surface area contributed by atoms with Crippen molar-refractivity contribution in [2.24, 2.45) is 0 Å². The van der Waals surface area contributed by atoms with Crippen LogP contribution >= 0.6 is 0 Å². The fourth-order valence-corrected chi connectivity index (χ4v) is 3.02. The minimum atomic E-state index is -0.479. The lowest BCUT2D eigenvalue weighted by Gasteiger charge is -2.35. The Morgan fingerprint density at radius 2 is 1.96 bits per heavy atom. The number of hydrogen-bond donors (Lipinski definition) is 0. The van der Waals surface area contributed by atoms with Crippen LogP contribution in [0.3, 0.4) is 0 Å². The molecule has 0 saturated carbocycles. The zero-order chi connectivity index (χ0) is 17.8. The number of aryl methyl sites for hydroxylation is 2. The summed E-state index contributed by atoms with van der Waals surface area (Å²) in [6.45, 7) is 9.65. The molecule has 0 spiro atoms. The SMILES string of the molecule is Cc1ccccc1OC(C)C(=O)N1CCN(Cc2cnoc2C)CC1. The number of rotatable bonds is 5. The summed E-state index contributed by atoms with van der Waals surface area (Å²) in [4.78, 5) is 16.9. The van der Waals surface area contributed by atoms with Gasteiger partial charge in [-0.15, -0.1) is 0 Å². The molecule has 1 aliphatic heterocycles. The predicted octanol–water partition coefficient (Wildman–Crippen LogP) is 2.40. The first kappa shape index (κ1) is 17.5. The van der Waals surface area contributed by atoms with Gasteiger partial charge in [0.25, 0.3) is 5.91 Å². The Balaban J connectivity index is 1.51. The Hall–Kier alpha value is -2.34. The van der Waals surface area contributed by atoms with Crippen molar-refractivity contribution in [1.82, 2.24) is 15.0 Å². The molecule has 1 aromatic heterocycles. The molecule has 0 N–H and O–H groups in total. The van der Waals surface area contributed by atoms with Crippen molar-refractivity contribution < 1.29 is 14.1 Å². The summed E-state index contributed by atoms with van der Waals surface area (Å²) in [5.74, 6) is 1.67. The fourth-order valence-electron chi connectivity index (χ4n) is 3.02. The second-order valence-corrected chi connectivity index (χ2v) is 6.53. The highest BCUT2D eigenvalue weighted by atomic mass is 16.5. The summed E-state index contributed by atoms with van der Waals surface area (Å²) < 4.78 is 11.0. The number of carbonyl (C=O) groups is 1. The van der Waals surface area contributed by atoms with Crippen molar-refractivity contribution >= 4 is 5.91 Å². The Kier molecular flexibility index (Phi) is 5.38. The van der Waals surface area contributed by atoms with Crippen molar-refractivity contribution in [2.75, 3.05) is 26.2 Å². The van der Waals surface area contributed by atoms with Crippen molar-refractivity contribution in [2.45, 2.75) is 33.4 Å². The van der Waals surface area contributed by atoms with Gasteiger partial charge in [0.05, 0.1) is 6.20 Å². The summed E-state index contributed by atoms with van der Waals surface area (Å²) in [6, 6.07) is 7.77. The molecule has 6 nitrogen and oxygen atoms in total. The molecule has 2 aromatic rings. The third kappa shape index (κ3) is 4.20. The van der Waals surface area contributed by atoms with Gasteiger partial charge in [0.2, 0.25) is 0 Å². The van der Waals surface area contributed by atoms with E-state index in [-0.39, 0.29) is 5.91 Å². The zero-order valence-corrected chi connectivity index (χ0v) is 15.1. The van der Waals surface area contributed by atoms with E-state index in [4.69, 9.17) is 9.26 Å². The van der Waals surface area contributed by atoms with Crippen LogP contribution in [0.25, 0.3) is 0 Å². The highest BCUT2D eigenvalue weighted by Crippen LogP contribution is 2.19. The number of amides is 1. The summed E-state index contributed by atoms with van der Waals surface area (Å²) in [7, 11) is 0. The average molecular weight is 343 g/mol. The standard InChI is InChI=1S/C19H25N3O3/c1-14-6-4-5-7-18(14)24-16(3)19(23)22-10-8-21(9-11-22)13-17-12-20-25-15(17)2/h4-7,12,16H,8-11,13H2,1-3H3. The second-order valence-electron chi connectivity index (χ2n) is 6.53. The van der Waals surface area contributed by atoms with Crippen LogP contribution in [0.1, 0.15) is 23.8 Å². The quantitative estimate of drug-likeness (QED) is 0.834. The number of para-hydroxylation sites is 1. The number of piperazine rings is 1. The molecule has 2 heterocycles. The van der Waals surface area contributed by atoms with E-state index in [0.29, 0.717) is 13.1 Å². The van der Waals surface area contributed by atoms with E-state index >= 15 is 0 Å². The fraction of sp³-hybridized carbons (Fsp3) is 0.474. The van der Waals surface area contributed by atoms with Crippen LogP contribution in [-0.2, 0) is 11.3 Å². The van der Waals surface area contributed by atoms with E-state index in [0.717, 1.165) is 42.3 Å². The molecule has 1 fully saturated rings. The number of carbonyl (C=O) groups excluding carboxylic acids is 1. The first-order valence-corrected chi connectivity index (χ1v) is 8.68. The van der Waals surface area contributed by atoms with Gasteiger partial charge < -0.3 is 14.2 Å². The minimum Gasteiger partial charge on any atom is -0.481 e. The molecule has 134 valence electrons. The topological polar surface area (TPSA) is 58.8 Å². The van der Waals surface area contributed by atoms with Crippen LogP contribution in [0.5, 0.6) is 5.75 Å². The molecular formula is C19H25N3O3. The van der Waals surface area contributed by atoms with Crippen molar-refractivity contribution in [3.8, 4) is 5.75 Å². The number of aromatic nitrogens is 1. The van der Waals surface area contributed by atoms with E-state index in [2.05, 4.69) is 10.1 Å². The van der Waals surface area contributed by atoms with Gasteiger partial charge >= 0.3 is 0 Å². The Morgan fingerprint density at radius 1 is 1.24 bits per heavy atom. The van der Waals surface area contributed by atoms with Crippen LogP contribution in [0.2, 0.25) is 0 Å². The van der Waals surface area contributed by atoms with Crippen molar-refractivity contribution in [3.63, 3.8) is 0 Å². The van der Waals surface area contributed by atoms with Gasteiger partial charge in [-0.05, 0) is 32.4 Å². The van der Waals surface area contributed by atoms with Crippen LogP contribution in [0.4, 0.5) is 0 Å². The van der Waals surface area contributed by atoms with E-state index in [9.17, 15) is 4.79 Å². The van der Waals surface area contributed by atoms with Crippen LogP contribution in [0.15, 0.2) is 35.0 Å². The average Bonchev–Trinajstić information content (AvgIpc) is 3.02. The Labute approximate surface area is 148 Å². The lowest BCUT2D eigenvalue weighted by atomic mass is 10.2. The third-order valence-electron chi connectivity index (χ3n) is 4.67. The third-order valence-corrected chi connectivity index (χ3v) is 4.67. The number of ether oxygens (including phenoxy) is 1. The highest BCUT2D eigenvalue weighted by molar-refractivity contribution is 5.81. The predicted molar refractivity (Wildman–Crippen MR) is 94.4 cm³/mol. The molecule has 6 heteroatoms. The molecule has 1 aliphatic rings. The van der Waals surface area contributed by atoms with Gasteiger partial charge in [-0.3, -0.25) is 9.69 Å². The van der Waals surface area contributed by atoms with Gasteiger partial charge in [0, 0.05) is 38.3 Å². The maximum absolute atomic E-state index is 12.6. The van der Waals surface area contributed by atoms with Crippen molar-refractivity contribution in [3.05, 3.63) is 47.3 Å². The summed E-state index contributed by atoms with van der Waals surface area (Å²) in [5.41, 5.74) is 2.15. The molecule has 3 rings (SSSR count). The highest BCUT2D eigenvalue weighted by Gasteiger charge is 2.26. The summed E-state index contributed by atoms with van der Waals surface area (Å²) in [6.07, 6.45) is 1.29. The van der Waals surface area contributed by atoms with Gasteiger partial charge in [-0.2, -0.15) is 0 Å². The van der Waals surface area contributed by atoms with Gasteiger partial charge in [0.1, 0.15) is 11.5 Å². The minimum absolute atomic E-state index is 0.0454. The van der Waals surface area contributed by atoms with Crippen molar-refractivity contribution in [1.29, 1.82) is 0 Å². The van der Waals surface area contributed by atoms with Gasteiger partial charge in [-0.25, -0.2) is 0 Å². The molecular weight excluding hydrogens is 318 g/mol. The van der Waals surface area contributed by atoms with E-state index in [1.54, 1.807) is 6.20 Å². The molecule has 1 unspecified atom stereocenters. The maximum Gasteiger partial charge on any atom is 0.263 e. The second kappa shape index (κ2) is 7.70. The molecule has 1 saturated heterocycles. The maximum atomic E-state index is 12.6. The lowest BCUT2D eigenvalue weighted by Crippen LogP contribution is -2.51. The van der Waals surface area contributed by atoms with Gasteiger partial charge in [0.15, 0.2) is 6.10 Å². The number of nitrogens with zero attached hydrogens (tertiary/aromatic N) is 3. The monoisotopic (exact) mass is 343 g/mol. The Morgan fingerprint density at radius 3 is 2.60 bits per heavy atom. The summed E-state index contributed by atoms with van der Waals surface area (Å²) >= 11 is 0. The molecule has 1 amide bonds. The molecule has 1 aromatic carbocycles. The molecule has 0 bridgehead atoms. The van der Waals surface area contributed by atoms with E-state index in [1.165, 1.54) is 0 Å². The zero-order valence-electron chi connectivity index (χ0n) is 15.1. The summed E-state index contributed by atoms with van der Waals surface area (Å²) in [5, 5.41) is 3.82. The first-order valence-electron chi connectivity index (χ1n) is 8.68. The van der Waals surface area contributed by atoms with Crippen LogP contribution < -0.4 is 4.74 Å². The van der Waals surface area contributed by atoms with Crippen LogP contribution in [-0.4, -0.2) is 53.1 Å². The smallest absolute Gasteiger partial charge is 0.263 e. The van der Waals surface area contributed by atoms with E-state index in [1.807, 2.05) is 49.9 Å². The molecule has 0 radical (unpaired) electrons. The molecule has 0 aliphatic carbocycles. The number of benzene rings is 1. The molecule has 25 heavy (non-hydrogen) atoms. The largest absolute Gasteiger partial charge is 0.481 e.